The summed E-state index contributed by atoms with van der Waals surface area (Å²) in [6.45, 7) is -0.627. The first-order chi connectivity index (χ1) is 19.7. The number of halogens is 2. The molecule has 1 fully saturated rings. The maximum absolute atomic E-state index is 13.8. The van der Waals surface area contributed by atoms with Crippen LogP contribution in [0.2, 0.25) is 0 Å². The van der Waals surface area contributed by atoms with E-state index in [9.17, 15) is 33.3 Å². The molecule has 0 aromatic heterocycles. The van der Waals surface area contributed by atoms with Crippen LogP contribution >= 0.6 is 0 Å². The van der Waals surface area contributed by atoms with Gasteiger partial charge >= 0.3 is 0 Å². The molecule has 3 aromatic carbocycles. The molecule has 41 heavy (non-hydrogen) atoms. The molecule has 3 aliphatic rings. The molecule has 0 N–H and O–H groups in total. The van der Waals surface area contributed by atoms with Crippen molar-refractivity contribution in [1.82, 2.24) is 9.91 Å². The normalized spacial score (nSPS) is 20.7. The lowest BCUT2D eigenvalue weighted by Crippen LogP contribution is -2.41. The molecule has 206 valence electrons. The zero-order valence-corrected chi connectivity index (χ0v) is 21.5. The fourth-order valence-electron chi connectivity index (χ4n) is 5.70. The number of nitro groups is 1. The summed E-state index contributed by atoms with van der Waals surface area (Å²) in [6.07, 6.45) is 4.08. The monoisotopic (exact) mass is 556 g/mol. The maximum atomic E-state index is 13.8. The van der Waals surface area contributed by atoms with Crippen molar-refractivity contribution in [3.8, 4) is 0 Å². The average Bonchev–Trinajstić information content (AvgIpc) is 3.47. The number of carbonyl (C=O) groups excluding carboxylic acids is 3. The molecular formula is C30H22F2N4O5. The van der Waals surface area contributed by atoms with E-state index >= 15 is 0 Å². The molecule has 2 atom stereocenters. The highest BCUT2D eigenvalue weighted by molar-refractivity contribution is 6.22. The Balaban J connectivity index is 1.34. The zero-order chi connectivity index (χ0) is 28.8. The second-order valence-electron chi connectivity index (χ2n) is 10.1. The Labute approximate surface area is 232 Å². The van der Waals surface area contributed by atoms with Crippen LogP contribution in [0.25, 0.3) is 6.08 Å². The highest BCUT2D eigenvalue weighted by atomic mass is 19.1. The fourth-order valence-corrected chi connectivity index (χ4v) is 5.70. The Morgan fingerprint density at radius 2 is 1.63 bits per heavy atom. The number of non-ortho nitro benzene ring substituents is 1. The Morgan fingerprint density at radius 3 is 2.32 bits per heavy atom. The number of hydrogen-bond acceptors (Lipinski definition) is 6. The van der Waals surface area contributed by atoms with E-state index in [1.165, 1.54) is 35.3 Å². The summed E-state index contributed by atoms with van der Waals surface area (Å²) >= 11 is 0. The summed E-state index contributed by atoms with van der Waals surface area (Å²) in [5.74, 6) is -3.19. The van der Waals surface area contributed by atoms with Crippen LogP contribution in [0.5, 0.6) is 0 Å². The minimum absolute atomic E-state index is 0.0191. The Bertz CT molecular complexity index is 1670. The second kappa shape index (κ2) is 10.2. The first kappa shape index (κ1) is 26.2. The Hall–Kier alpha value is -5.06. The molecule has 3 aromatic rings. The van der Waals surface area contributed by atoms with Gasteiger partial charge in [0.2, 0.25) is 0 Å². The van der Waals surface area contributed by atoms with Crippen LogP contribution in [-0.4, -0.2) is 44.8 Å². The van der Waals surface area contributed by atoms with Gasteiger partial charge in [0.25, 0.3) is 23.4 Å². The minimum Gasteiger partial charge on any atom is -0.271 e. The average molecular weight is 557 g/mol. The van der Waals surface area contributed by atoms with E-state index in [2.05, 4.69) is 5.10 Å². The van der Waals surface area contributed by atoms with E-state index in [0.29, 0.717) is 24.1 Å². The number of benzene rings is 3. The predicted molar refractivity (Wildman–Crippen MR) is 144 cm³/mol. The molecule has 0 bridgehead atoms. The van der Waals surface area contributed by atoms with Gasteiger partial charge in [0.05, 0.1) is 27.8 Å². The number of hydrogen-bond donors (Lipinski definition) is 0. The number of fused-ring (bicyclic) bond motifs is 2. The van der Waals surface area contributed by atoms with E-state index in [0.717, 1.165) is 34.6 Å². The van der Waals surface area contributed by atoms with Crippen LogP contribution in [0.15, 0.2) is 77.4 Å². The summed E-state index contributed by atoms with van der Waals surface area (Å²) in [4.78, 5) is 51.1. The van der Waals surface area contributed by atoms with Gasteiger partial charge in [-0.25, -0.2) is 13.8 Å². The smallest absolute Gasteiger partial charge is 0.270 e. The van der Waals surface area contributed by atoms with Crippen molar-refractivity contribution >= 4 is 35.2 Å². The van der Waals surface area contributed by atoms with E-state index in [-0.39, 0.29) is 28.5 Å². The largest absolute Gasteiger partial charge is 0.271 e. The van der Waals surface area contributed by atoms with Gasteiger partial charge in [0.15, 0.2) is 0 Å². The first-order valence-corrected chi connectivity index (χ1v) is 13.0. The molecule has 1 aliphatic carbocycles. The van der Waals surface area contributed by atoms with Gasteiger partial charge in [0.1, 0.15) is 18.2 Å². The number of imide groups is 1. The number of nitro benzene ring substituents is 1. The third-order valence-corrected chi connectivity index (χ3v) is 7.64. The second-order valence-corrected chi connectivity index (χ2v) is 10.1. The number of hydrazone groups is 1. The quantitative estimate of drug-likeness (QED) is 0.241. The maximum Gasteiger partial charge on any atom is 0.270 e. The van der Waals surface area contributed by atoms with Crippen LogP contribution in [0.1, 0.15) is 57.1 Å². The lowest BCUT2D eigenvalue weighted by molar-refractivity contribution is -0.384. The van der Waals surface area contributed by atoms with Gasteiger partial charge in [0, 0.05) is 18.1 Å². The van der Waals surface area contributed by atoms with Gasteiger partial charge < -0.3 is 0 Å². The third-order valence-electron chi connectivity index (χ3n) is 7.64. The van der Waals surface area contributed by atoms with E-state index < -0.39 is 41.0 Å². The Morgan fingerprint density at radius 1 is 0.976 bits per heavy atom. The lowest BCUT2D eigenvalue weighted by Gasteiger charge is -2.30. The molecule has 3 amide bonds. The lowest BCUT2D eigenvalue weighted by atomic mass is 9.77. The van der Waals surface area contributed by atoms with Gasteiger partial charge in [-0.05, 0) is 72.4 Å². The van der Waals surface area contributed by atoms with Gasteiger partial charge in [-0.1, -0.05) is 24.3 Å². The van der Waals surface area contributed by atoms with Crippen molar-refractivity contribution in [3.63, 3.8) is 0 Å². The molecule has 2 unspecified atom stereocenters. The molecule has 0 spiro atoms. The van der Waals surface area contributed by atoms with Gasteiger partial charge in [-0.3, -0.25) is 29.4 Å². The van der Waals surface area contributed by atoms with E-state index in [1.807, 2.05) is 6.08 Å². The molecule has 2 aliphatic heterocycles. The molecule has 6 rings (SSSR count). The number of nitrogens with zero attached hydrogens (tertiary/aromatic N) is 4. The summed E-state index contributed by atoms with van der Waals surface area (Å²) in [5, 5.41) is 17.1. The molecule has 9 nitrogen and oxygen atoms in total. The molecular weight excluding hydrogens is 534 g/mol. The number of carbonyl (C=O) groups is 3. The van der Waals surface area contributed by atoms with Gasteiger partial charge in [-0.2, -0.15) is 5.10 Å². The van der Waals surface area contributed by atoms with Gasteiger partial charge in [-0.15, -0.1) is 0 Å². The summed E-state index contributed by atoms with van der Waals surface area (Å²) in [7, 11) is 0. The van der Waals surface area contributed by atoms with Crippen molar-refractivity contribution < 1.29 is 28.1 Å². The highest BCUT2D eigenvalue weighted by Crippen LogP contribution is 2.44. The topological polar surface area (TPSA) is 113 Å². The van der Waals surface area contributed by atoms with Crippen LogP contribution in [0, 0.1) is 27.7 Å². The van der Waals surface area contributed by atoms with Crippen molar-refractivity contribution in [1.29, 1.82) is 0 Å². The van der Waals surface area contributed by atoms with Crippen LogP contribution in [0.3, 0.4) is 0 Å². The summed E-state index contributed by atoms with van der Waals surface area (Å²) in [5.41, 5.74) is 2.46. The number of amides is 3. The fraction of sp³-hybridized carbons (Fsp3) is 0.200. The van der Waals surface area contributed by atoms with Crippen LogP contribution in [-0.2, 0) is 4.79 Å². The van der Waals surface area contributed by atoms with Crippen molar-refractivity contribution in [2.75, 3.05) is 6.54 Å². The molecule has 0 saturated heterocycles. The third kappa shape index (κ3) is 4.69. The summed E-state index contributed by atoms with van der Waals surface area (Å²) < 4.78 is 27.2. The van der Waals surface area contributed by atoms with E-state index in [4.69, 9.17) is 0 Å². The van der Waals surface area contributed by atoms with Crippen molar-refractivity contribution in [2.45, 2.75) is 25.3 Å². The van der Waals surface area contributed by atoms with Crippen molar-refractivity contribution in [2.24, 2.45) is 11.0 Å². The minimum atomic E-state index is -0.804. The zero-order valence-electron chi connectivity index (χ0n) is 21.5. The standard InChI is InChI=1S/C30H22F2N4O5/c31-20-8-4-17(5-9-20)14-19-2-1-3-24-27(19)33-35(28(24)18-6-10-21(32)11-7-18)26(37)16-34-29(38)23-13-12-22(36(40)41)15-25(23)30(34)39/h4-15,24,28H,1-3,16H2. The van der Waals surface area contributed by atoms with Crippen LogP contribution in [0.4, 0.5) is 14.5 Å². The molecule has 2 heterocycles. The molecule has 11 heteroatoms. The molecule has 0 radical (unpaired) electrons. The van der Waals surface area contributed by atoms with Crippen molar-refractivity contribution in [3.05, 3.63) is 116 Å². The first-order valence-electron chi connectivity index (χ1n) is 13.0. The summed E-state index contributed by atoms with van der Waals surface area (Å²) in [6, 6.07) is 14.5. The Kier molecular flexibility index (Phi) is 6.49. The highest BCUT2D eigenvalue weighted by Gasteiger charge is 2.45. The van der Waals surface area contributed by atoms with Crippen LogP contribution < -0.4 is 0 Å². The SMILES string of the molecule is O=C1c2ccc([N+](=O)[O-])cc2C(=O)N1CC(=O)N1N=C2C(=Cc3ccc(F)cc3)CCCC2C1c1ccc(F)cc1. The predicted octanol–water partition coefficient (Wildman–Crippen LogP) is 5.29. The molecule has 1 saturated carbocycles. The van der Waals surface area contributed by atoms with E-state index in [1.54, 1.807) is 24.3 Å². The number of rotatable bonds is 5. The number of allylic oxidation sites excluding steroid dienone is 1.